The number of carbonyl (C=O) groups excluding carboxylic acids is 6. The van der Waals surface area contributed by atoms with Gasteiger partial charge < -0.3 is 0 Å². The Morgan fingerprint density at radius 2 is 0.528 bits per heavy atom. The first-order chi connectivity index (χ1) is 25.2. The molecule has 6 heteroatoms. The number of hydrogen-bond acceptors (Lipinski definition) is 6. The molecule has 0 aliphatic rings. The maximum absolute atomic E-state index is 11.2. The van der Waals surface area contributed by atoms with Crippen LogP contribution in [0.3, 0.4) is 0 Å². The molecule has 0 N–H and O–H groups in total. The Morgan fingerprint density at radius 1 is 0.302 bits per heavy atom. The maximum Gasteiger partial charge on any atom is 0.159 e. The zero-order valence-corrected chi connectivity index (χ0v) is 30.9. The molecule has 0 bridgehead atoms. The van der Waals surface area contributed by atoms with Crippen LogP contribution in [0.15, 0.2) is 133 Å². The second-order valence-corrected chi connectivity index (χ2v) is 12.8. The van der Waals surface area contributed by atoms with E-state index in [9.17, 15) is 28.8 Å². The summed E-state index contributed by atoms with van der Waals surface area (Å²) in [5.74, 6) is 0.395. The van der Waals surface area contributed by atoms with E-state index in [1.807, 2.05) is 121 Å². The standard InChI is InChI=1S/C17H16O2.C16H14O2.C14H12O2/c1-12(18)16-7-3-14(4-8-16)11-15-5-9-17(10-6-15)13(2)19;1-11(17)13-3-7-15(8-4-13)16-9-5-14(6-10-16)12(2)18;1-9(15)11-3-5-14-8-12(10(2)16)4-6-13(14)7-11/h3-10H,11H2,1-2H3;3-10H,1-2H3;3-8H,1-2H3. The van der Waals surface area contributed by atoms with Crippen LogP contribution in [0.5, 0.6) is 0 Å². The summed E-state index contributed by atoms with van der Waals surface area (Å²) in [5, 5.41) is 1.97. The number of fused-ring (bicyclic) bond motifs is 1. The molecule has 0 heterocycles. The highest BCUT2D eigenvalue weighted by Gasteiger charge is 2.06. The molecule has 0 spiro atoms. The molecule has 0 aliphatic heterocycles. The van der Waals surface area contributed by atoms with Crippen LogP contribution < -0.4 is 0 Å². The summed E-state index contributed by atoms with van der Waals surface area (Å²) >= 11 is 0. The molecule has 6 aromatic rings. The zero-order chi connectivity index (χ0) is 38.7. The van der Waals surface area contributed by atoms with Crippen LogP contribution in [-0.2, 0) is 6.42 Å². The predicted octanol–water partition coefficient (Wildman–Crippen LogP) is 10.7. The normalized spacial score (nSPS) is 10.2. The van der Waals surface area contributed by atoms with Crippen molar-refractivity contribution in [2.24, 2.45) is 0 Å². The number of carbonyl (C=O) groups is 6. The molecule has 0 saturated carbocycles. The van der Waals surface area contributed by atoms with E-state index in [1.54, 1.807) is 53.7 Å². The first-order valence-corrected chi connectivity index (χ1v) is 17.2. The summed E-state index contributed by atoms with van der Waals surface area (Å²) < 4.78 is 0. The van der Waals surface area contributed by atoms with Crippen molar-refractivity contribution in [3.05, 3.63) is 178 Å². The first-order valence-electron chi connectivity index (χ1n) is 17.2. The molecular formula is C47H42O6. The van der Waals surface area contributed by atoms with Gasteiger partial charge in [-0.3, -0.25) is 28.8 Å². The van der Waals surface area contributed by atoms with Gasteiger partial charge in [0.05, 0.1) is 0 Å². The Balaban J connectivity index is 0.000000178. The van der Waals surface area contributed by atoms with Crippen molar-refractivity contribution in [1.29, 1.82) is 0 Å². The summed E-state index contributed by atoms with van der Waals surface area (Å²) in [6, 6.07) is 41.2. The minimum Gasteiger partial charge on any atom is -0.295 e. The number of hydrogen-bond donors (Lipinski definition) is 0. The second-order valence-electron chi connectivity index (χ2n) is 12.8. The first kappa shape index (κ1) is 39.4. The molecule has 6 rings (SSSR count). The van der Waals surface area contributed by atoms with Crippen molar-refractivity contribution in [3.8, 4) is 11.1 Å². The average molecular weight is 703 g/mol. The molecule has 0 aliphatic carbocycles. The topological polar surface area (TPSA) is 102 Å². The van der Waals surface area contributed by atoms with Crippen LogP contribution in [-0.4, -0.2) is 34.7 Å². The summed E-state index contributed by atoms with van der Waals surface area (Å²) in [6.45, 7) is 9.33. The largest absolute Gasteiger partial charge is 0.295 e. The highest BCUT2D eigenvalue weighted by Crippen LogP contribution is 2.21. The van der Waals surface area contributed by atoms with E-state index in [0.717, 1.165) is 50.6 Å². The van der Waals surface area contributed by atoms with Crippen molar-refractivity contribution < 1.29 is 28.8 Å². The molecule has 0 radical (unpaired) electrons. The monoisotopic (exact) mass is 702 g/mol. The molecule has 0 aromatic heterocycles. The Morgan fingerprint density at radius 3 is 0.774 bits per heavy atom. The van der Waals surface area contributed by atoms with Crippen molar-refractivity contribution in [3.63, 3.8) is 0 Å². The van der Waals surface area contributed by atoms with Crippen LogP contribution in [0, 0.1) is 0 Å². The predicted molar refractivity (Wildman–Crippen MR) is 212 cm³/mol. The van der Waals surface area contributed by atoms with Crippen LogP contribution in [0.4, 0.5) is 0 Å². The molecule has 6 aromatic carbocycles. The summed E-state index contributed by atoms with van der Waals surface area (Å²) in [5.41, 5.74) is 8.65. The highest BCUT2D eigenvalue weighted by molar-refractivity contribution is 6.02. The molecule has 0 fully saturated rings. The highest BCUT2D eigenvalue weighted by atomic mass is 16.1. The molecular weight excluding hydrogens is 661 g/mol. The Bertz CT molecular complexity index is 2110. The lowest BCUT2D eigenvalue weighted by Gasteiger charge is -2.04. The molecule has 6 nitrogen and oxygen atoms in total. The van der Waals surface area contributed by atoms with Gasteiger partial charge in [-0.25, -0.2) is 0 Å². The van der Waals surface area contributed by atoms with Crippen molar-refractivity contribution in [2.45, 2.75) is 48.0 Å². The van der Waals surface area contributed by atoms with Gasteiger partial charge in [0.2, 0.25) is 0 Å². The van der Waals surface area contributed by atoms with Gasteiger partial charge >= 0.3 is 0 Å². The molecule has 0 amide bonds. The van der Waals surface area contributed by atoms with Gasteiger partial charge in [0.1, 0.15) is 0 Å². The summed E-state index contributed by atoms with van der Waals surface area (Å²) in [6.07, 6.45) is 0.802. The lowest BCUT2D eigenvalue weighted by atomic mass is 10.0. The van der Waals surface area contributed by atoms with E-state index in [2.05, 4.69) is 0 Å². The SMILES string of the molecule is CC(=O)c1ccc(-c2ccc(C(C)=O)cc2)cc1.CC(=O)c1ccc(Cc2ccc(C(C)=O)cc2)cc1.CC(=O)c1ccc2cc(C(C)=O)ccc2c1. The van der Waals surface area contributed by atoms with E-state index in [4.69, 9.17) is 0 Å². The van der Waals surface area contributed by atoms with Gasteiger partial charge in [-0.05, 0) is 93.1 Å². The summed E-state index contributed by atoms with van der Waals surface area (Å²) in [4.78, 5) is 67.1. The molecule has 0 unspecified atom stereocenters. The second kappa shape index (κ2) is 18.2. The Kier molecular flexibility index (Phi) is 13.5. The van der Waals surface area contributed by atoms with Gasteiger partial charge in [0, 0.05) is 33.4 Å². The fourth-order valence-corrected chi connectivity index (χ4v) is 5.43. The molecule has 0 atom stereocenters. The van der Waals surface area contributed by atoms with E-state index in [0.29, 0.717) is 22.3 Å². The van der Waals surface area contributed by atoms with Gasteiger partial charge in [0.25, 0.3) is 0 Å². The number of ketones is 6. The smallest absolute Gasteiger partial charge is 0.159 e. The van der Waals surface area contributed by atoms with Gasteiger partial charge in [-0.2, -0.15) is 0 Å². The fraction of sp³-hybridized carbons (Fsp3) is 0.149. The third kappa shape index (κ3) is 11.3. The van der Waals surface area contributed by atoms with Crippen molar-refractivity contribution in [2.75, 3.05) is 0 Å². The lowest BCUT2D eigenvalue weighted by molar-refractivity contribution is 0.100. The van der Waals surface area contributed by atoms with E-state index in [-0.39, 0.29) is 34.7 Å². The van der Waals surface area contributed by atoms with Crippen molar-refractivity contribution in [1.82, 2.24) is 0 Å². The van der Waals surface area contributed by atoms with Crippen LogP contribution in [0.2, 0.25) is 0 Å². The third-order valence-corrected chi connectivity index (χ3v) is 8.70. The molecule has 53 heavy (non-hydrogen) atoms. The van der Waals surface area contributed by atoms with Gasteiger partial charge in [-0.1, -0.05) is 121 Å². The molecule has 0 saturated heterocycles. The van der Waals surface area contributed by atoms with Gasteiger partial charge in [-0.15, -0.1) is 0 Å². The summed E-state index contributed by atoms with van der Waals surface area (Å²) in [7, 11) is 0. The Labute approximate surface area is 310 Å². The van der Waals surface area contributed by atoms with E-state index < -0.39 is 0 Å². The average Bonchev–Trinajstić information content (AvgIpc) is 3.15. The maximum atomic E-state index is 11.2. The minimum atomic E-state index is 0.0533. The van der Waals surface area contributed by atoms with Crippen LogP contribution in [0.25, 0.3) is 21.9 Å². The number of benzene rings is 6. The van der Waals surface area contributed by atoms with E-state index in [1.165, 1.54) is 0 Å². The number of Topliss-reactive ketones (excluding diaryl/α,β-unsaturated/α-hetero) is 6. The van der Waals surface area contributed by atoms with Crippen LogP contribution in [0.1, 0.15) is 115 Å². The molecule has 266 valence electrons. The Hall–Kier alpha value is -6.40. The fourth-order valence-electron chi connectivity index (χ4n) is 5.43. The zero-order valence-electron chi connectivity index (χ0n) is 30.9. The van der Waals surface area contributed by atoms with E-state index >= 15 is 0 Å². The lowest BCUT2D eigenvalue weighted by Crippen LogP contribution is -1.95. The van der Waals surface area contributed by atoms with Gasteiger partial charge in [0.15, 0.2) is 34.7 Å². The number of rotatable bonds is 9. The van der Waals surface area contributed by atoms with Crippen LogP contribution >= 0.6 is 0 Å². The minimum absolute atomic E-state index is 0.0533. The quantitative estimate of drug-likeness (QED) is 0.139. The third-order valence-electron chi connectivity index (χ3n) is 8.70. The van der Waals surface area contributed by atoms with Crippen molar-refractivity contribution >= 4 is 45.5 Å².